The number of fused-ring (bicyclic) bond motifs is 3. The Morgan fingerprint density at radius 2 is 2.31 bits per heavy atom. The zero-order chi connectivity index (χ0) is 8.84. The number of halogens is 1. The predicted molar refractivity (Wildman–Crippen MR) is 49.5 cm³/mol. The molecule has 0 aliphatic carbocycles. The van der Waals surface area contributed by atoms with E-state index >= 15 is 0 Å². The van der Waals surface area contributed by atoms with Crippen molar-refractivity contribution < 1.29 is 0 Å². The molecular weight excluding hydrogens is 236 g/mol. The first-order valence-electron chi connectivity index (χ1n) is 3.64. The molecule has 0 spiro atoms. The van der Waals surface area contributed by atoms with E-state index in [9.17, 15) is 0 Å². The normalized spacial score (nSPS) is 23.6. The molecular formula is C6H3BrN6. The van der Waals surface area contributed by atoms with Crippen molar-refractivity contribution in [1.82, 2.24) is 20.2 Å². The van der Waals surface area contributed by atoms with Crippen LogP contribution >= 0.6 is 15.9 Å². The van der Waals surface area contributed by atoms with Crippen molar-refractivity contribution in [1.29, 1.82) is 0 Å². The molecule has 0 bridgehead atoms. The molecule has 3 heterocycles. The number of hydrogen-bond donors (Lipinski definition) is 0. The molecule has 0 saturated heterocycles. The van der Waals surface area contributed by atoms with Gasteiger partial charge in [0.15, 0.2) is 0 Å². The minimum Gasteiger partial charge on any atom is -0.199 e. The van der Waals surface area contributed by atoms with Gasteiger partial charge in [0, 0.05) is 6.20 Å². The number of nitrogens with zero attached hydrogens (tertiary/aromatic N) is 6. The Bertz CT molecular complexity index is 455. The molecule has 2 aliphatic rings. The van der Waals surface area contributed by atoms with Crippen molar-refractivity contribution >= 4 is 32.5 Å². The van der Waals surface area contributed by atoms with Crippen molar-refractivity contribution in [3.8, 4) is 0 Å². The van der Waals surface area contributed by atoms with Gasteiger partial charge in [-0.2, -0.15) is 4.68 Å². The van der Waals surface area contributed by atoms with Gasteiger partial charge in [0.2, 0.25) is 5.82 Å². The van der Waals surface area contributed by atoms with Crippen molar-refractivity contribution in [2.24, 2.45) is 16.1 Å². The van der Waals surface area contributed by atoms with Gasteiger partial charge in [-0.3, -0.25) is 0 Å². The smallest absolute Gasteiger partial charge is 0.199 e. The van der Waals surface area contributed by atoms with E-state index in [1.165, 1.54) is 0 Å². The summed E-state index contributed by atoms with van der Waals surface area (Å²) in [6, 6.07) is 0. The average molecular weight is 239 g/mol. The third-order valence-electron chi connectivity index (χ3n) is 1.95. The summed E-state index contributed by atoms with van der Waals surface area (Å²) in [6.45, 7) is 0. The van der Waals surface area contributed by atoms with Crippen molar-refractivity contribution in [3.63, 3.8) is 0 Å². The SMILES string of the molecule is BrC1=NN=C2c3nnnn3C=CC12. The highest BCUT2D eigenvalue weighted by Gasteiger charge is 2.31. The number of aromatic nitrogens is 4. The van der Waals surface area contributed by atoms with Crippen LogP contribution in [0.25, 0.3) is 6.20 Å². The summed E-state index contributed by atoms with van der Waals surface area (Å²) in [6.07, 6.45) is 3.75. The van der Waals surface area contributed by atoms with Crippen LogP contribution in [0.15, 0.2) is 16.3 Å². The minimum absolute atomic E-state index is 0.0819. The summed E-state index contributed by atoms with van der Waals surface area (Å²) in [5.74, 6) is 0.740. The van der Waals surface area contributed by atoms with Crippen LogP contribution in [0.1, 0.15) is 5.82 Å². The summed E-state index contributed by atoms with van der Waals surface area (Å²) in [7, 11) is 0. The lowest BCUT2D eigenvalue weighted by atomic mass is 10.0. The molecule has 1 unspecified atom stereocenters. The second-order valence-electron chi connectivity index (χ2n) is 2.67. The van der Waals surface area contributed by atoms with Gasteiger partial charge in [-0.05, 0) is 26.4 Å². The predicted octanol–water partition coefficient (Wildman–Crippen LogP) is 0.285. The maximum atomic E-state index is 4.00. The number of rotatable bonds is 0. The maximum absolute atomic E-state index is 4.00. The topological polar surface area (TPSA) is 68.3 Å². The Balaban J connectivity index is 2.20. The van der Waals surface area contributed by atoms with Gasteiger partial charge < -0.3 is 0 Å². The van der Waals surface area contributed by atoms with Crippen LogP contribution in [0.5, 0.6) is 0 Å². The number of hydrogen-bond acceptors (Lipinski definition) is 5. The Morgan fingerprint density at radius 3 is 3.23 bits per heavy atom. The fourth-order valence-electron chi connectivity index (χ4n) is 1.32. The molecule has 6 nitrogen and oxygen atoms in total. The molecule has 1 aromatic heterocycles. The molecule has 2 aliphatic heterocycles. The third-order valence-corrected chi connectivity index (χ3v) is 2.60. The Hall–Kier alpha value is -1.37. The second-order valence-corrected chi connectivity index (χ2v) is 3.49. The van der Waals surface area contributed by atoms with E-state index in [4.69, 9.17) is 0 Å². The molecule has 13 heavy (non-hydrogen) atoms. The van der Waals surface area contributed by atoms with E-state index in [0.717, 1.165) is 10.3 Å². The first-order valence-corrected chi connectivity index (χ1v) is 4.43. The van der Waals surface area contributed by atoms with Gasteiger partial charge in [0.1, 0.15) is 10.3 Å². The van der Waals surface area contributed by atoms with Gasteiger partial charge in [-0.25, -0.2) is 0 Å². The zero-order valence-electron chi connectivity index (χ0n) is 6.29. The fraction of sp³-hybridized carbons (Fsp3) is 0.167. The highest BCUT2D eigenvalue weighted by molar-refractivity contribution is 9.18. The van der Waals surface area contributed by atoms with E-state index in [0.29, 0.717) is 5.82 Å². The Kier molecular flexibility index (Phi) is 1.26. The first kappa shape index (κ1) is 7.07. The van der Waals surface area contributed by atoms with E-state index in [1.54, 1.807) is 10.9 Å². The lowest BCUT2D eigenvalue weighted by molar-refractivity contribution is 0.811. The summed E-state index contributed by atoms with van der Waals surface area (Å²) in [5.41, 5.74) is 0.791. The molecule has 0 aromatic carbocycles. The van der Waals surface area contributed by atoms with Crippen LogP contribution in [0.3, 0.4) is 0 Å². The van der Waals surface area contributed by atoms with Crippen LogP contribution in [0.4, 0.5) is 0 Å². The Labute approximate surface area is 81.2 Å². The molecule has 0 fully saturated rings. The summed E-state index contributed by atoms with van der Waals surface area (Å²) in [5, 5.41) is 19.1. The quantitative estimate of drug-likeness (QED) is 0.653. The molecule has 1 atom stereocenters. The highest BCUT2D eigenvalue weighted by Crippen LogP contribution is 2.24. The monoisotopic (exact) mass is 238 g/mol. The number of allylic oxidation sites excluding steroid dienone is 1. The molecule has 0 N–H and O–H groups in total. The van der Waals surface area contributed by atoms with Crippen LogP contribution in [0, 0.1) is 5.92 Å². The van der Waals surface area contributed by atoms with Gasteiger partial charge in [-0.1, -0.05) is 6.08 Å². The molecule has 0 radical (unpaired) electrons. The second kappa shape index (κ2) is 2.32. The molecule has 64 valence electrons. The lowest BCUT2D eigenvalue weighted by Crippen LogP contribution is -2.22. The average Bonchev–Trinajstić information content (AvgIpc) is 2.70. The zero-order valence-corrected chi connectivity index (χ0v) is 7.88. The van der Waals surface area contributed by atoms with E-state index in [2.05, 4.69) is 41.7 Å². The molecule has 0 amide bonds. The fourth-order valence-corrected chi connectivity index (χ4v) is 1.77. The van der Waals surface area contributed by atoms with Crippen LogP contribution in [-0.2, 0) is 0 Å². The molecule has 3 rings (SSSR count). The van der Waals surface area contributed by atoms with Crippen molar-refractivity contribution in [2.45, 2.75) is 0 Å². The van der Waals surface area contributed by atoms with Crippen molar-refractivity contribution in [2.75, 3.05) is 0 Å². The summed E-state index contributed by atoms with van der Waals surface area (Å²) in [4.78, 5) is 0. The minimum atomic E-state index is 0.0819. The van der Waals surface area contributed by atoms with Crippen LogP contribution in [-0.4, -0.2) is 30.5 Å². The third kappa shape index (κ3) is 0.844. The van der Waals surface area contributed by atoms with E-state index in [-0.39, 0.29) is 5.92 Å². The van der Waals surface area contributed by atoms with E-state index in [1.807, 2.05) is 6.08 Å². The standard InChI is InChI=1S/C6H3BrN6/c7-5-3-1-2-13-6(10-11-12-13)4(3)8-9-5/h1-3H. The molecule has 1 aromatic rings. The van der Waals surface area contributed by atoms with Crippen LogP contribution < -0.4 is 0 Å². The van der Waals surface area contributed by atoms with E-state index < -0.39 is 0 Å². The maximum Gasteiger partial charge on any atom is 0.203 e. The molecule has 7 heteroatoms. The van der Waals surface area contributed by atoms with Gasteiger partial charge in [0.05, 0.1) is 5.92 Å². The van der Waals surface area contributed by atoms with Gasteiger partial charge in [0.25, 0.3) is 0 Å². The number of tetrazole rings is 1. The van der Waals surface area contributed by atoms with Crippen LogP contribution in [0.2, 0.25) is 0 Å². The lowest BCUT2D eigenvalue weighted by Gasteiger charge is -2.10. The first-order chi connectivity index (χ1) is 6.36. The Morgan fingerprint density at radius 1 is 1.38 bits per heavy atom. The van der Waals surface area contributed by atoms with Gasteiger partial charge >= 0.3 is 0 Å². The summed E-state index contributed by atoms with van der Waals surface area (Å²) >= 11 is 3.33. The van der Waals surface area contributed by atoms with Gasteiger partial charge in [-0.15, -0.1) is 15.3 Å². The largest absolute Gasteiger partial charge is 0.203 e. The summed E-state index contributed by atoms with van der Waals surface area (Å²) < 4.78 is 2.38. The highest BCUT2D eigenvalue weighted by atomic mass is 79.9. The molecule has 0 saturated carbocycles. The van der Waals surface area contributed by atoms with Crippen molar-refractivity contribution in [3.05, 3.63) is 11.9 Å².